The van der Waals surface area contributed by atoms with Crippen LogP contribution in [0.25, 0.3) is 0 Å². The largest absolute Gasteiger partial charge is 0.373 e. The van der Waals surface area contributed by atoms with E-state index in [0.29, 0.717) is 29.7 Å². The van der Waals surface area contributed by atoms with Crippen LogP contribution >= 0.6 is 0 Å². The van der Waals surface area contributed by atoms with Gasteiger partial charge in [0.05, 0.1) is 6.20 Å². The Bertz CT molecular complexity index is 505. The van der Waals surface area contributed by atoms with Gasteiger partial charge >= 0.3 is 0 Å². The molecule has 5 nitrogen and oxygen atoms in total. The summed E-state index contributed by atoms with van der Waals surface area (Å²) >= 11 is 0. The molecule has 3 aliphatic rings. The molecule has 2 N–H and O–H groups in total. The molecule has 0 amide bonds. The van der Waals surface area contributed by atoms with Gasteiger partial charge in [-0.1, -0.05) is 0 Å². The molecule has 1 aliphatic carbocycles. The van der Waals surface area contributed by atoms with Crippen molar-refractivity contribution in [2.75, 3.05) is 7.05 Å². The molecule has 2 aliphatic heterocycles. The lowest BCUT2D eigenvalue weighted by Gasteiger charge is -2.37. The summed E-state index contributed by atoms with van der Waals surface area (Å²) in [5.74, 6) is 0.644. The predicted octanol–water partition coefficient (Wildman–Crippen LogP) is 1.56. The first-order valence-electron chi connectivity index (χ1n) is 8.19. The standard InChI is InChI=1S/C16H24N4O/c1-20-13-4-5-14(20)8-12(7-13)18-16(21)15-6-11(9-17-19-15)10-2-3-10/h6,9-10,12-14,16,18,21H,2-5,7-8H2,1H3/t12?,13-,14+,16?. The lowest BCUT2D eigenvalue weighted by atomic mass is 9.97. The summed E-state index contributed by atoms with van der Waals surface area (Å²) < 4.78 is 0. The van der Waals surface area contributed by atoms with Crippen molar-refractivity contribution in [3.8, 4) is 0 Å². The van der Waals surface area contributed by atoms with Gasteiger partial charge in [0, 0.05) is 18.1 Å². The first-order valence-corrected chi connectivity index (χ1v) is 8.19. The van der Waals surface area contributed by atoms with Crippen LogP contribution in [0.15, 0.2) is 12.3 Å². The van der Waals surface area contributed by atoms with Crippen molar-refractivity contribution in [1.82, 2.24) is 20.4 Å². The lowest BCUT2D eigenvalue weighted by Crippen LogP contribution is -2.48. The Labute approximate surface area is 125 Å². The van der Waals surface area contributed by atoms with Crippen LogP contribution in [0.5, 0.6) is 0 Å². The maximum Gasteiger partial charge on any atom is 0.150 e. The summed E-state index contributed by atoms with van der Waals surface area (Å²) in [5.41, 5.74) is 1.90. The number of fused-ring (bicyclic) bond motifs is 2. The van der Waals surface area contributed by atoms with Gasteiger partial charge in [0.25, 0.3) is 0 Å². The molecule has 1 aromatic heterocycles. The topological polar surface area (TPSA) is 61.3 Å². The molecule has 21 heavy (non-hydrogen) atoms. The van der Waals surface area contributed by atoms with Gasteiger partial charge in [0.1, 0.15) is 11.9 Å². The molecular formula is C16H24N4O. The van der Waals surface area contributed by atoms with Gasteiger partial charge in [-0.2, -0.15) is 10.2 Å². The molecule has 2 bridgehead atoms. The average Bonchev–Trinajstić information content (AvgIpc) is 3.30. The smallest absolute Gasteiger partial charge is 0.150 e. The van der Waals surface area contributed by atoms with Gasteiger partial charge in [-0.05, 0) is 63.1 Å². The highest BCUT2D eigenvalue weighted by Crippen LogP contribution is 2.40. The van der Waals surface area contributed by atoms with E-state index in [1.54, 1.807) is 0 Å². The van der Waals surface area contributed by atoms with Crippen LogP contribution in [-0.4, -0.2) is 45.4 Å². The van der Waals surface area contributed by atoms with E-state index >= 15 is 0 Å². The first kappa shape index (κ1) is 13.6. The maximum absolute atomic E-state index is 10.4. The number of rotatable bonds is 4. The van der Waals surface area contributed by atoms with Gasteiger partial charge < -0.3 is 10.0 Å². The van der Waals surface area contributed by atoms with Crippen molar-refractivity contribution >= 4 is 0 Å². The van der Waals surface area contributed by atoms with E-state index in [1.807, 2.05) is 12.3 Å². The number of piperidine rings is 1. The maximum atomic E-state index is 10.4. The summed E-state index contributed by atoms with van der Waals surface area (Å²) in [4.78, 5) is 2.51. The molecule has 0 aromatic carbocycles. The molecule has 0 spiro atoms. The highest BCUT2D eigenvalue weighted by molar-refractivity contribution is 5.22. The summed E-state index contributed by atoms with van der Waals surface area (Å²) in [7, 11) is 2.24. The third-order valence-corrected chi connectivity index (χ3v) is 5.52. The molecule has 4 atom stereocenters. The first-order chi connectivity index (χ1) is 10.2. The van der Waals surface area contributed by atoms with Gasteiger partial charge in [0.2, 0.25) is 0 Å². The van der Waals surface area contributed by atoms with Crippen LogP contribution in [0.4, 0.5) is 0 Å². The van der Waals surface area contributed by atoms with Gasteiger partial charge in [0.15, 0.2) is 0 Å². The normalized spacial score (nSPS) is 34.1. The molecule has 1 saturated carbocycles. The second kappa shape index (κ2) is 5.30. The molecule has 5 heteroatoms. The summed E-state index contributed by atoms with van der Waals surface area (Å²) in [5, 5.41) is 22.0. The Morgan fingerprint density at radius 2 is 1.95 bits per heavy atom. The van der Waals surface area contributed by atoms with Crippen LogP contribution in [0.1, 0.15) is 61.9 Å². The van der Waals surface area contributed by atoms with Crippen molar-refractivity contribution in [1.29, 1.82) is 0 Å². The average molecular weight is 288 g/mol. The van der Waals surface area contributed by atoms with E-state index in [0.717, 1.165) is 12.8 Å². The molecule has 0 radical (unpaired) electrons. The minimum atomic E-state index is -0.691. The van der Waals surface area contributed by atoms with Gasteiger partial charge in [-0.3, -0.25) is 5.32 Å². The fourth-order valence-electron chi connectivity index (χ4n) is 4.03. The number of aliphatic hydroxyl groups excluding tert-OH is 1. The van der Waals surface area contributed by atoms with E-state index in [9.17, 15) is 5.11 Å². The van der Waals surface area contributed by atoms with Crippen molar-refractivity contribution in [2.24, 2.45) is 0 Å². The molecule has 114 valence electrons. The number of hydrogen-bond donors (Lipinski definition) is 2. The number of nitrogens with one attached hydrogen (secondary N) is 1. The van der Waals surface area contributed by atoms with Gasteiger partial charge in [-0.15, -0.1) is 0 Å². The monoisotopic (exact) mass is 288 g/mol. The van der Waals surface area contributed by atoms with Crippen molar-refractivity contribution in [3.05, 3.63) is 23.5 Å². The minimum absolute atomic E-state index is 0.389. The van der Waals surface area contributed by atoms with E-state index in [1.165, 1.54) is 31.2 Å². The second-order valence-electron chi connectivity index (χ2n) is 6.98. The highest BCUT2D eigenvalue weighted by atomic mass is 16.3. The predicted molar refractivity (Wildman–Crippen MR) is 79.7 cm³/mol. The third kappa shape index (κ3) is 2.70. The van der Waals surface area contributed by atoms with E-state index in [2.05, 4.69) is 27.5 Å². The zero-order chi connectivity index (χ0) is 14.4. The number of nitrogens with zero attached hydrogens (tertiary/aromatic N) is 3. The Kier molecular flexibility index (Phi) is 3.44. The van der Waals surface area contributed by atoms with Crippen LogP contribution in [0.3, 0.4) is 0 Å². The fourth-order valence-corrected chi connectivity index (χ4v) is 4.03. The van der Waals surface area contributed by atoms with Crippen LogP contribution < -0.4 is 5.32 Å². The highest BCUT2D eigenvalue weighted by Gasteiger charge is 2.39. The summed E-state index contributed by atoms with van der Waals surface area (Å²) in [6, 6.07) is 3.76. The van der Waals surface area contributed by atoms with Crippen LogP contribution in [0.2, 0.25) is 0 Å². The molecular weight excluding hydrogens is 264 g/mol. The molecule has 1 aromatic rings. The Morgan fingerprint density at radius 3 is 2.62 bits per heavy atom. The number of hydrogen-bond acceptors (Lipinski definition) is 5. The SMILES string of the molecule is CN1[C@@H]2CC[C@H]1CC(NC(O)c1cc(C3CC3)cnn1)C2. The number of aromatic nitrogens is 2. The van der Waals surface area contributed by atoms with E-state index in [-0.39, 0.29) is 0 Å². The van der Waals surface area contributed by atoms with Crippen LogP contribution in [0, 0.1) is 0 Å². The Hall–Kier alpha value is -1.04. The zero-order valence-corrected chi connectivity index (χ0v) is 12.6. The Balaban J connectivity index is 1.41. The zero-order valence-electron chi connectivity index (χ0n) is 12.6. The second-order valence-corrected chi connectivity index (χ2v) is 6.98. The molecule has 2 saturated heterocycles. The molecule has 3 heterocycles. The van der Waals surface area contributed by atoms with Gasteiger partial charge in [-0.25, -0.2) is 0 Å². The van der Waals surface area contributed by atoms with Crippen molar-refractivity contribution in [3.63, 3.8) is 0 Å². The molecule has 4 rings (SSSR count). The third-order valence-electron chi connectivity index (χ3n) is 5.52. The van der Waals surface area contributed by atoms with Crippen LogP contribution in [-0.2, 0) is 0 Å². The summed E-state index contributed by atoms with van der Waals surface area (Å²) in [6.07, 6.45) is 8.48. The molecule has 2 unspecified atom stereocenters. The van der Waals surface area contributed by atoms with Crippen molar-refractivity contribution in [2.45, 2.75) is 68.8 Å². The molecule has 3 fully saturated rings. The van der Waals surface area contributed by atoms with E-state index < -0.39 is 6.23 Å². The fraction of sp³-hybridized carbons (Fsp3) is 0.750. The van der Waals surface area contributed by atoms with Crippen molar-refractivity contribution < 1.29 is 5.11 Å². The Morgan fingerprint density at radius 1 is 1.24 bits per heavy atom. The lowest BCUT2D eigenvalue weighted by molar-refractivity contribution is 0.0788. The quantitative estimate of drug-likeness (QED) is 0.823. The summed E-state index contributed by atoms with van der Waals surface area (Å²) in [6.45, 7) is 0. The van der Waals surface area contributed by atoms with E-state index in [4.69, 9.17) is 0 Å². The minimum Gasteiger partial charge on any atom is -0.373 e. The number of aliphatic hydroxyl groups is 1.